The molecule has 0 aromatic carbocycles. The highest BCUT2D eigenvalue weighted by Crippen LogP contribution is 2.28. The van der Waals surface area contributed by atoms with E-state index >= 15 is 0 Å². The molecule has 0 spiro atoms. The topological polar surface area (TPSA) is 26.3 Å². The highest BCUT2D eigenvalue weighted by Gasteiger charge is 2.21. The van der Waals surface area contributed by atoms with Crippen LogP contribution in [0.15, 0.2) is 12.2 Å². The number of hydrogen-bond acceptors (Lipinski definition) is 3. The minimum absolute atomic E-state index is 0.244. The van der Waals surface area contributed by atoms with Crippen molar-refractivity contribution in [3.63, 3.8) is 0 Å². The number of carbonyl (C=O) groups excluding carboxylic acids is 1. The SMILES string of the molecule is C=C(C(=O)OC)C1CCSCC1. The van der Waals surface area contributed by atoms with Gasteiger partial charge >= 0.3 is 5.97 Å². The number of rotatable bonds is 2. The smallest absolute Gasteiger partial charge is 0.333 e. The van der Waals surface area contributed by atoms with Crippen LogP contribution in [0.1, 0.15) is 12.8 Å². The monoisotopic (exact) mass is 186 g/mol. The Bertz CT molecular complexity index is 183. The zero-order valence-corrected chi connectivity index (χ0v) is 8.15. The van der Waals surface area contributed by atoms with Gasteiger partial charge in [0.15, 0.2) is 0 Å². The molecule has 0 aromatic heterocycles. The Morgan fingerprint density at radius 1 is 1.50 bits per heavy atom. The van der Waals surface area contributed by atoms with Gasteiger partial charge in [-0.1, -0.05) is 6.58 Å². The molecule has 0 amide bonds. The third-order valence-corrected chi connectivity index (χ3v) is 3.21. The summed E-state index contributed by atoms with van der Waals surface area (Å²) >= 11 is 1.94. The predicted molar refractivity (Wildman–Crippen MR) is 51.2 cm³/mol. The molecular formula is C9H14O2S. The Morgan fingerprint density at radius 2 is 2.08 bits per heavy atom. The molecule has 0 aliphatic carbocycles. The lowest BCUT2D eigenvalue weighted by Crippen LogP contribution is -2.18. The second kappa shape index (κ2) is 4.55. The number of hydrogen-bond donors (Lipinski definition) is 0. The summed E-state index contributed by atoms with van der Waals surface area (Å²) in [5.41, 5.74) is 0.651. The van der Waals surface area contributed by atoms with Gasteiger partial charge in [0.05, 0.1) is 7.11 Å². The molecule has 0 bridgehead atoms. The minimum Gasteiger partial charge on any atom is -0.466 e. The number of thioether (sulfide) groups is 1. The maximum atomic E-state index is 11.1. The first kappa shape index (κ1) is 9.65. The highest BCUT2D eigenvalue weighted by molar-refractivity contribution is 7.99. The first-order valence-electron chi connectivity index (χ1n) is 4.10. The fourth-order valence-corrected chi connectivity index (χ4v) is 2.45. The first-order valence-corrected chi connectivity index (χ1v) is 5.26. The number of ether oxygens (including phenoxy) is 1. The van der Waals surface area contributed by atoms with Crippen LogP contribution >= 0.6 is 11.8 Å². The van der Waals surface area contributed by atoms with Crippen molar-refractivity contribution in [1.29, 1.82) is 0 Å². The van der Waals surface area contributed by atoms with Crippen molar-refractivity contribution in [3.05, 3.63) is 12.2 Å². The fraction of sp³-hybridized carbons (Fsp3) is 0.667. The summed E-state index contributed by atoms with van der Waals surface area (Å²) in [5, 5.41) is 0. The summed E-state index contributed by atoms with van der Waals surface area (Å²) in [5.74, 6) is 2.40. The molecule has 1 rings (SSSR count). The summed E-state index contributed by atoms with van der Waals surface area (Å²) in [6.45, 7) is 3.77. The summed E-state index contributed by atoms with van der Waals surface area (Å²) in [7, 11) is 1.41. The molecule has 68 valence electrons. The van der Waals surface area contributed by atoms with Crippen molar-refractivity contribution in [2.75, 3.05) is 18.6 Å². The van der Waals surface area contributed by atoms with Crippen LogP contribution in [-0.4, -0.2) is 24.6 Å². The Labute approximate surface area is 77.4 Å². The fourth-order valence-electron chi connectivity index (χ4n) is 1.34. The molecule has 1 aliphatic heterocycles. The maximum Gasteiger partial charge on any atom is 0.333 e. The zero-order chi connectivity index (χ0) is 8.97. The lowest BCUT2D eigenvalue weighted by molar-refractivity contribution is -0.136. The molecule has 2 nitrogen and oxygen atoms in total. The molecule has 0 atom stereocenters. The molecule has 0 radical (unpaired) electrons. The van der Waals surface area contributed by atoms with E-state index in [4.69, 9.17) is 0 Å². The van der Waals surface area contributed by atoms with Crippen molar-refractivity contribution in [2.45, 2.75) is 12.8 Å². The summed E-state index contributed by atoms with van der Waals surface area (Å²) in [6, 6.07) is 0. The van der Waals surface area contributed by atoms with Crippen molar-refractivity contribution in [1.82, 2.24) is 0 Å². The maximum absolute atomic E-state index is 11.1. The minimum atomic E-state index is -0.244. The van der Waals surface area contributed by atoms with Crippen molar-refractivity contribution < 1.29 is 9.53 Å². The van der Waals surface area contributed by atoms with Gasteiger partial charge in [-0.05, 0) is 30.3 Å². The second-order valence-electron chi connectivity index (χ2n) is 2.90. The van der Waals surface area contributed by atoms with Crippen molar-refractivity contribution >= 4 is 17.7 Å². The number of esters is 1. The molecule has 0 saturated carbocycles. The average Bonchev–Trinajstić information content (AvgIpc) is 2.17. The van der Waals surface area contributed by atoms with Crippen molar-refractivity contribution in [3.8, 4) is 0 Å². The van der Waals surface area contributed by atoms with E-state index in [-0.39, 0.29) is 5.97 Å². The zero-order valence-electron chi connectivity index (χ0n) is 7.34. The third-order valence-electron chi connectivity index (χ3n) is 2.16. The average molecular weight is 186 g/mol. The van der Waals surface area contributed by atoms with Crippen LogP contribution in [0.4, 0.5) is 0 Å². The lowest BCUT2D eigenvalue weighted by Gasteiger charge is -2.21. The van der Waals surface area contributed by atoms with Crippen LogP contribution in [0.25, 0.3) is 0 Å². The van der Waals surface area contributed by atoms with E-state index < -0.39 is 0 Å². The van der Waals surface area contributed by atoms with Gasteiger partial charge in [-0.3, -0.25) is 0 Å². The number of carbonyl (C=O) groups is 1. The van der Waals surface area contributed by atoms with Gasteiger partial charge < -0.3 is 4.74 Å². The Morgan fingerprint density at radius 3 is 2.58 bits per heavy atom. The third kappa shape index (κ3) is 2.27. The molecule has 1 aliphatic rings. The van der Waals surface area contributed by atoms with Crippen LogP contribution in [0, 0.1) is 5.92 Å². The summed E-state index contributed by atoms with van der Waals surface area (Å²) < 4.78 is 4.62. The van der Waals surface area contributed by atoms with Gasteiger partial charge in [-0.2, -0.15) is 11.8 Å². The van der Waals surface area contributed by atoms with E-state index in [0.29, 0.717) is 11.5 Å². The largest absolute Gasteiger partial charge is 0.466 e. The predicted octanol–water partition coefficient (Wildman–Crippen LogP) is 1.86. The molecule has 12 heavy (non-hydrogen) atoms. The number of methoxy groups -OCH3 is 1. The van der Waals surface area contributed by atoms with E-state index in [1.54, 1.807) is 0 Å². The van der Waals surface area contributed by atoms with Crippen LogP contribution in [0.3, 0.4) is 0 Å². The van der Waals surface area contributed by atoms with Gasteiger partial charge in [0.1, 0.15) is 0 Å². The molecule has 1 fully saturated rings. The van der Waals surface area contributed by atoms with E-state index in [1.807, 2.05) is 11.8 Å². The van der Waals surface area contributed by atoms with Crippen LogP contribution in [0.5, 0.6) is 0 Å². The van der Waals surface area contributed by atoms with Gasteiger partial charge in [0, 0.05) is 5.57 Å². The molecule has 0 unspecified atom stereocenters. The Kier molecular flexibility index (Phi) is 3.66. The van der Waals surface area contributed by atoms with E-state index in [0.717, 1.165) is 24.3 Å². The first-order chi connectivity index (χ1) is 5.75. The normalized spacial score (nSPS) is 18.8. The summed E-state index contributed by atoms with van der Waals surface area (Å²) in [6.07, 6.45) is 2.14. The molecule has 0 N–H and O–H groups in total. The second-order valence-corrected chi connectivity index (χ2v) is 4.13. The van der Waals surface area contributed by atoms with E-state index in [2.05, 4.69) is 11.3 Å². The standard InChI is InChI=1S/C9H14O2S/c1-7(9(10)11-2)8-3-5-12-6-4-8/h8H,1,3-6H2,2H3. The van der Waals surface area contributed by atoms with E-state index in [1.165, 1.54) is 7.11 Å². The van der Waals surface area contributed by atoms with Gasteiger partial charge in [0.25, 0.3) is 0 Å². The quantitative estimate of drug-likeness (QED) is 0.486. The molecular weight excluding hydrogens is 172 g/mol. The van der Waals surface area contributed by atoms with Crippen LogP contribution in [-0.2, 0) is 9.53 Å². The Balaban J connectivity index is 2.45. The molecule has 1 heterocycles. The van der Waals surface area contributed by atoms with E-state index in [9.17, 15) is 4.79 Å². The van der Waals surface area contributed by atoms with Gasteiger partial charge in [0.2, 0.25) is 0 Å². The van der Waals surface area contributed by atoms with Gasteiger partial charge in [-0.15, -0.1) is 0 Å². The molecule has 3 heteroatoms. The van der Waals surface area contributed by atoms with Crippen molar-refractivity contribution in [2.24, 2.45) is 5.92 Å². The lowest BCUT2D eigenvalue weighted by atomic mass is 9.94. The van der Waals surface area contributed by atoms with Crippen LogP contribution in [0.2, 0.25) is 0 Å². The van der Waals surface area contributed by atoms with Gasteiger partial charge in [-0.25, -0.2) is 4.79 Å². The summed E-state index contributed by atoms with van der Waals surface area (Å²) in [4.78, 5) is 11.1. The Hall–Kier alpha value is -0.440. The molecule has 1 saturated heterocycles. The highest BCUT2D eigenvalue weighted by atomic mass is 32.2. The van der Waals surface area contributed by atoms with Crippen LogP contribution < -0.4 is 0 Å². The molecule has 0 aromatic rings.